The fraction of sp³-hybridized carbons (Fsp3) is 0.615. The highest BCUT2D eigenvalue weighted by atomic mass is 32.1. The van der Waals surface area contributed by atoms with Crippen LogP contribution in [-0.2, 0) is 4.79 Å². The van der Waals surface area contributed by atoms with E-state index in [0.717, 1.165) is 43.6 Å². The number of carbonyl (C=O) groups excluding carboxylic acids is 1. The zero-order chi connectivity index (χ0) is 11.9. The van der Waals surface area contributed by atoms with Crippen molar-refractivity contribution < 1.29 is 9.90 Å². The van der Waals surface area contributed by atoms with Gasteiger partial charge >= 0.3 is 0 Å². The third kappa shape index (κ3) is 1.79. The fourth-order valence-corrected chi connectivity index (χ4v) is 3.83. The predicted octanol–water partition coefficient (Wildman–Crippen LogP) is 2.41. The molecule has 2 aliphatic rings. The molecular formula is C13H17NO2S. The lowest BCUT2D eigenvalue weighted by atomic mass is 9.72. The molecule has 1 aliphatic heterocycles. The monoisotopic (exact) mass is 251 g/mol. The second-order valence-corrected chi connectivity index (χ2v) is 6.10. The van der Waals surface area contributed by atoms with E-state index < -0.39 is 0 Å². The Hall–Kier alpha value is -0.870. The third-order valence-electron chi connectivity index (χ3n) is 4.20. The maximum atomic E-state index is 12.5. The Kier molecular flexibility index (Phi) is 2.71. The van der Waals surface area contributed by atoms with E-state index in [4.69, 9.17) is 0 Å². The van der Waals surface area contributed by atoms with Gasteiger partial charge in [-0.1, -0.05) is 0 Å². The summed E-state index contributed by atoms with van der Waals surface area (Å²) in [6, 6.07) is 4.00. The van der Waals surface area contributed by atoms with Crippen LogP contribution < -0.4 is 4.90 Å². The first kappa shape index (κ1) is 11.2. The Morgan fingerprint density at radius 1 is 1.35 bits per heavy atom. The fourth-order valence-electron chi connectivity index (χ4n) is 3.07. The lowest BCUT2D eigenvalue weighted by molar-refractivity contribution is -0.128. The molecule has 0 aromatic carbocycles. The maximum absolute atomic E-state index is 12.5. The summed E-state index contributed by atoms with van der Waals surface area (Å²) in [5.74, 6) is 0.284. The Morgan fingerprint density at radius 2 is 2.12 bits per heavy atom. The maximum Gasteiger partial charge on any atom is 0.233 e. The molecule has 1 aliphatic carbocycles. The van der Waals surface area contributed by atoms with Crippen LogP contribution >= 0.6 is 11.3 Å². The van der Waals surface area contributed by atoms with Gasteiger partial charge in [-0.05, 0) is 49.6 Å². The van der Waals surface area contributed by atoms with Gasteiger partial charge in [-0.3, -0.25) is 4.79 Å². The van der Waals surface area contributed by atoms with Gasteiger partial charge in [-0.15, -0.1) is 11.3 Å². The number of carbonyl (C=O) groups is 1. The minimum atomic E-state index is -0.191. The predicted molar refractivity (Wildman–Crippen MR) is 68.2 cm³/mol. The van der Waals surface area contributed by atoms with E-state index in [1.54, 1.807) is 11.3 Å². The van der Waals surface area contributed by atoms with Gasteiger partial charge in [0.2, 0.25) is 5.91 Å². The van der Waals surface area contributed by atoms with Gasteiger partial charge in [-0.2, -0.15) is 0 Å². The standard InChI is InChI=1S/C13H17NO2S/c15-10-3-5-13(6-4-10)7-8-14(12(13)16)11-2-1-9-17-11/h1-2,9-10,15H,3-8H2. The number of anilines is 1. The average Bonchev–Trinajstić information content (AvgIpc) is 2.94. The number of thiophene rings is 1. The third-order valence-corrected chi connectivity index (χ3v) is 5.09. The number of aliphatic hydroxyl groups excluding tert-OH is 1. The van der Waals surface area contributed by atoms with E-state index >= 15 is 0 Å². The first-order valence-corrected chi connectivity index (χ1v) is 7.13. The van der Waals surface area contributed by atoms with Gasteiger partial charge in [-0.25, -0.2) is 0 Å². The Balaban J connectivity index is 1.80. The zero-order valence-electron chi connectivity index (χ0n) is 9.76. The minimum absolute atomic E-state index is 0.163. The van der Waals surface area contributed by atoms with E-state index in [9.17, 15) is 9.90 Å². The highest BCUT2D eigenvalue weighted by Crippen LogP contribution is 2.46. The number of hydrogen-bond acceptors (Lipinski definition) is 3. The highest BCUT2D eigenvalue weighted by Gasteiger charge is 2.48. The van der Waals surface area contributed by atoms with E-state index in [2.05, 4.69) is 0 Å². The van der Waals surface area contributed by atoms with Crippen molar-refractivity contribution in [2.24, 2.45) is 5.41 Å². The molecule has 1 spiro atoms. The van der Waals surface area contributed by atoms with E-state index in [0.29, 0.717) is 0 Å². The largest absolute Gasteiger partial charge is 0.393 e. The molecule has 2 fully saturated rings. The van der Waals surface area contributed by atoms with E-state index in [1.165, 1.54) is 0 Å². The van der Waals surface area contributed by atoms with Crippen molar-refractivity contribution in [2.45, 2.75) is 38.2 Å². The second kappa shape index (κ2) is 4.10. The van der Waals surface area contributed by atoms with Crippen LogP contribution in [0.15, 0.2) is 17.5 Å². The molecule has 1 aromatic heterocycles. The lowest BCUT2D eigenvalue weighted by Crippen LogP contribution is -2.38. The van der Waals surface area contributed by atoms with Crippen LogP contribution in [-0.4, -0.2) is 23.7 Å². The molecule has 0 bridgehead atoms. The minimum Gasteiger partial charge on any atom is -0.393 e. The summed E-state index contributed by atoms with van der Waals surface area (Å²) in [7, 11) is 0. The van der Waals surface area contributed by atoms with Gasteiger partial charge in [0.05, 0.1) is 16.5 Å². The summed E-state index contributed by atoms with van der Waals surface area (Å²) in [6.07, 6.45) is 4.04. The molecule has 1 saturated heterocycles. The molecule has 2 heterocycles. The smallest absolute Gasteiger partial charge is 0.233 e. The summed E-state index contributed by atoms with van der Waals surface area (Å²) in [4.78, 5) is 14.5. The molecule has 1 aromatic rings. The number of rotatable bonds is 1. The summed E-state index contributed by atoms with van der Waals surface area (Å²) >= 11 is 1.63. The van der Waals surface area contributed by atoms with Gasteiger partial charge in [0.25, 0.3) is 0 Å². The Bertz CT molecular complexity index is 407. The van der Waals surface area contributed by atoms with E-state index in [-0.39, 0.29) is 17.4 Å². The van der Waals surface area contributed by atoms with Crippen LogP contribution in [0.1, 0.15) is 32.1 Å². The zero-order valence-corrected chi connectivity index (χ0v) is 10.6. The van der Waals surface area contributed by atoms with Gasteiger partial charge in [0.1, 0.15) is 0 Å². The van der Waals surface area contributed by atoms with Crippen molar-refractivity contribution in [3.05, 3.63) is 17.5 Å². The number of amides is 1. The molecule has 1 amide bonds. The SMILES string of the molecule is O=C1N(c2cccs2)CCC12CCC(O)CC2. The summed E-state index contributed by atoms with van der Waals surface area (Å²) in [5.41, 5.74) is -0.163. The summed E-state index contributed by atoms with van der Waals surface area (Å²) < 4.78 is 0. The lowest BCUT2D eigenvalue weighted by Gasteiger charge is -2.33. The first-order valence-electron chi connectivity index (χ1n) is 6.25. The van der Waals surface area contributed by atoms with Crippen molar-refractivity contribution in [2.75, 3.05) is 11.4 Å². The van der Waals surface area contributed by atoms with Crippen LogP contribution in [0.3, 0.4) is 0 Å². The van der Waals surface area contributed by atoms with Crippen LogP contribution in [0.4, 0.5) is 5.00 Å². The molecule has 92 valence electrons. The highest BCUT2D eigenvalue weighted by molar-refractivity contribution is 7.14. The summed E-state index contributed by atoms with van der Waals surface area (Å²) in [6.45, 7) is 0.843. The molecule has 3 rings (SSSR count). The quantitative estimate of drug-likeness (QED) is 0.832. The molecule has 4 heteroatoms. The normalized spacial score (nSPS) is 33.6. The van der Waals surface area contributed by atoms with Crippen molar-refractivity contribution in [3.8, 4) is 0 Å². The average molecular weight is 251 g/mol. The topological polar surface area (TPSA) is 40.5 Å². The van der Waals surface area contributed by atoms with Crippen LogP contribution in [0.2, 0.25) is 0 Å². The number of hydrogen-bond donors (Lipinski definition) is 1. The van der Waals surface area contributed by atoms with Crippen molar-refractivity contribution >= 4 is 22.2 Å². The molecule has 0 atom stereocenters. The molecule has 17 heavy (non-hydrogen) atoms. The van der Waals surface area contributed by atoms with E-state index in [1.807, 2.05) is 22.4 Å². The Labute approximate surface area is 105 Å². The van der Waals surface area contributed by atoms with Crippen LogP contribution in [0.5, 0.6) is 0 Å². The second-order valence-electron chi connectivity index (χ2n) is 5.17. The van der Waals surface area contributed by atoms with Crippen LogP contribution in [0.25, 0.3) is 0 Å². The molecule has 1 N–H and O–H groups in total. The summed E-state index contributed by atoms with van der Waals surface area (Å²) in [5, 5.41) is 12.6. The molecular weight excluding hydrogens is 234 g/mol. The Morgan fingerprint density at radius 3 is 2.76 bits per heavy atom. The molecule has 0 unspecified atom stereocenters. The number of nitrogens with zero attached hydrogens (tertiary/aromatic N) is 1. The molecule has 0 radical (unpaired) electrons. The van der Waals surface area contributed by atoms with Crippen molar-refractivity contribution in [1.82, 2.24) is 0 Å². The van der Waals surface area contributed by atoms with Crippen molar-refractivity contribution in [3.63, 3.8) is 0 Å². The molecule has 1 saturated carbocycles. The number of aliphatic hydroxyl groups is 1. The van der Waals surface area contributed by atoms with Crippen LogP contribution in [0, 0.1) is 5.41 Å². The molecule has 3 nitrogen and oxygen atoms in total. The first-order chi connectivity index (χ1) is 8.21. The van der Waals surface area contributed by atoms with Gasteiger partial charge < -0.3 is 10.0 Å². The van der Waals surface area contributed by atoms with Crippen molar-refractivity contribution in [1.29, 1.82) is 0 Å². The van der Waals surface area contributed by atoms with Gasteiger partial charge in [0, 0.05) is 6.54 Å². The van der Waals surface area contributed by atoms with Gasteiger partial charge in [0.15, 0.2) is 0 Å².